The molecule has 1 unspecified atom stereocenters. The highest BCUT2D eigenvalue weighted by molar-refractivity contribution is 4.60. The number of unbranched alkanes of at least 4 members (excludes halogenated alkanes) is 15. The van der Waals surface area contributed by atoms with Crippen LogP contribution in [0.5, 0.6) is 0 Å². The van der Waals surface area contributed by atoms with Gasteiger partial charge in [-0.05, 0) is 34.1 Å². The topological polar surface area (TPSA) is 34.2 Å². The number of hydroxylamine groups is 4. The Hall–Kier alpha value is -0.200. The predicted molar refractivity (Wildman–Crippen MR) is 137 cm³/mol. The second kappa shape index (κ2) is 25.4. The maximum absolute atomic E-state index is 5.84. The number of hydrogen-bond acceptors (Lipinski definition) is 5. The summed E-state index contributed by atoms with van der Waals surface area (Å²) in [5.74, 6) is 0. The average molecular weight is 459 g/mol. The number of hydrogen-bond donors (Lipinski definition) is 0. The van der Waals surface area contributed by atoms with Crippen molar-refractivity contribution < 1.29 is 14.5 Å². The van der Waals surface area contributed by atoms with Gasteiger partial charge in [-0.25, -0.2) is 0 Å². The molecule has 0 spiro atoms. The molecule has 0 N–H and O–H groups in total. The van der Waals surface area contributed by atoms with Crippen molar-refractivity contribution in [2.24, 2.45) is 0 Å². The Morgan fingerprint density at radius 3 is 1.25 bits per heavy atom. The monoisotopic (exact) mass is 458 g/mol. The summed E-state index contributed by atoms with van der Waals surface area (Å²) in [6.45, 7) is 14.1. The molecule has 0 aliphatic heterocycles. The molecule has 32 heavy (non-hydrogen) atoms. The van der Waals surface area contributed by atoms with Crippen LogP contribution >= 0.6 is 0 Å². The Bertz CT molecular complexity index is 352. The van der Waals surface area contributed by atoms with Gasteiger partial charge in [0.2, 0.25) is 0 Å². The van der Waals surface area contributed by atoms with E-state index in [9.17, 15) is 0 Å². The van der Waals surface area contributed by atoms with Gasteiger partial charge in [0, 0.05) is 13.1 Å². The Morgan fingerprint density at radius 2 is 0.875 bits per heavy atom. The molecule has 0 rings (SSSR count). The maximum Gasteiger partial charge on any atom is 0.0750 e. The molecule has 0 amide bonds. The lowest BCUT2D eigenvalue weighted by Crippen LogP contribution is -2.42. The quantitative estimate of drug-likeness (QED) is 0.0966. The van der Waals surface area contributed by atoms with Gasteiger partial charge in [0.1, 0.15) is 0 Å². The maximum atomic E-state index is 5.84. The van der Waals surface area contributed by atoms with Crippen molar-refractivity contribution in [2.75, 3.05) is 32.9 Å². The van der Waals surface area contributed by atoms with E-state index >= 15 is 0 Å². The van der Waals surface area contributed by atoms with Crippen molar-refractivity contribution >= 4 is 0 Å². The molecule has 0 saturated carbocycles. The van der Waals surface area contributed by atoms with Crippen molar-refractivity contribution in [1.29, 1.82) is 0 Å². The van der Waals surface area contributed by atoms with E-state index in [0.717, 1.165) is 13.1 Å². The Kier molecular flexibility index (Phi) is 25.3. The van der Waals surface area contributed by atoms with Crippen LogP contribution in [0.15, 0.2) is 0 Å². The van der Waals surface area contributed by atoms with Crippen LogP contribution in [0.25, 0.3) is 0 Å². The van der Waals surface area contributed by atoms with Gasteiger partial charge in [-0.1, -0.05) is 108 Å². The highest BCUT2D eigenvalue weighted by Crippen LogP contribution is 2.14. The summed E-state index contributed by atoms with van der Waals surface area (Å²) in [6.07, 6.45) is 22.4. The number of nitrogens with zero attached hydrogens (tertiary/aromatic N) is 2. The first-order chi connectivity index (χ1) is 15.7. The van der Waals surface area contributed by atoms with E-state index in [2.05, 4.69) is 18.9 Å². The van der Waals surface area contributed by atoms with E-state index in [4.69, 9.17) is 14.5 Å². The third-order valence-electron chi connectivity index (χ3n) is 5.91. The highest BCUT2D eigenvalue weighted by atomic mass is 16.9. The van der Waals surface area contributed by atoms with E-state index in [-0.39, 0.29) is 6.04 Å². The largest absolute Gasteiger partial charge is 0.299 e. The summed E-state index contributed by atoms with van der Waals surface area (Å²) in [5.41, 5.74) is 0. The summed E-state index contributed by atoms with van der Waals surface area (Å²) in [7, 11) is 0. The molecule has 0 aromatic heterocycles. The van der Waals surface area contributed by atoms with Gasteiger partial charge in [-0.2, -0.15) is 5.06 Å². The third kappa shape index (κ3) is 20.4. The molecule has 0 fully saturated rings. The summed E-state index contributed by atoms with van der Waals surface area (Å²) >= 11 is 0. The van der Waals surface area contributed by atoms with Crippen molar-refractivity contribution in [2.45, 2.75) is 143 Å². The van der Waals surface area contributed by atoms with Crippen LogP contribution in [0.4, 0.5) is 0 Å². The molecule has 0 saturated heterocycles. The lowest BCUT2D eigenvalue weighted by atomic mass is 10.0. The van der Waals surface area contributed by atoms with Crippen molar-refractivity contribution in [3.8, 4) is 0 Å². The first-order valence-electron chi connectivity index (χ1n) is 14.1. The van der Waals surface area contributed by atoms with Crippen LogP contribution in [0.2, 0.25) is 0 Å². The number of rotatable bonds is 26. The zero-order valence-electron chi connectivity index (χ0n) is 22.5. The minimum atomic E-state index is 0.127. The van der Waals surface area contributed by atoms with Crippen molar-refractivity contribution in [3.05, 3.63) is 0 Å². The van der Waals surface area contributed by atoms with Crippen LogP contribution in [-0.4, -0.2) is 49.2 Å². The Morgan fingerprint density at radius 1 is 0.500 bits per heavy atom. The molecule has 0 aromatic carbocycles. The van der Waals surface area contributed by atoms with Crippen LogP contribution in [-0.2, 0) is 14.5 Å². The van der Waals surface area contributed by atoms with Crippen LogP contribution < -0.4 is 0 Å². The molecule has 0 heterocycles. The fourth-order valence-electron chi connectivity index (χ4n) is 4.13. The van der Waals surface area contributed by atoms with Gasteiger partial charge in [-0.15, -0.1) is 0 Å². The summed E-state index contributed by atoms with van der Waals surface area (Å²) in [4.78, 5) is 17.0. The second-order valence-electron chi connectivity index (χ2n) is 9.08. The first kappa shape index (κ1) is 31.8. The molecule has 0 radical (unpaired) electrons. The standard InChI is InChI=1S/C27H58N2O3/c1-6-10-11-12-13-14-15-16-17-18-19-20-21-22-23-24-25-28(30-7-2)26-27(5)29(31-8-3)32-9-4/h27H,6-26H2,1-5H3. The molecular formula is C27H58N2O3. The smallest absolute Gasteiger partial charge is 0.0750 e. The van der Waals surface area contributed by atoms with Gasteiger partial charge in [-0.3, -0.25) is 14.5 Å². The molecule has 0 aliphatic rings. The Labute approximate surface area is 201 Å². The van der Waals surface area contributed by atoms with E-state index in [1.807, 2.05) is 20.8 Å². The second-order valence-corrected chi connectivity index (χ2v) is 9.08. The minimum Gasteiger partial charge on any atom is -0.299 e. The molecule has 1 atom stereocenters. The summed E-state index contributed by atoms with van der Waals surface area (Å²) < 4.78 is 0. The van der Waals surface area contributed by atoms with E-state index < -0.39 is 0 Å². The van der Waals surface area contributed by atoms with E-state index in [1.54, 1.807) is 5.23 Å². The zero-order chi connectivity index (χ0) is 23.7. The predicted octanol–water partition coefficient (Wildman–Crippen LogP) is 8.09. The van der Waals surface area contributed by atoms with Gasteiger partial charge in [0.25, 0.3) is 0 Å². The van der Waals surface area contributed by atoms with Crippen molar-refractivity contribution in [1.82, 2.24) is 10.3 Å². The normalized spacial score (nSPS) is 12.8. The minimum absolute atomic E-state index is 0.127. The highest BCUT2D eigenvalue weighted by Gasteiger charge is 2.19. The molecular weight excluding hydrogens is 400 g/mol. The van der Waals surface area contributed by atoms with Gasteiger partial charge >= 0.3 is 0 Å². The lowest BCUT2D eigenvalue weighted by Gasteiger charge is -2.30. The first-order valence-corrected chi connectivity index (χ1v) is 14.1. The SMILES string of the molecule is CCCCCCCCCCCCCCCCCCN(CC(C)N(OCC)OCC)OCC. The van der Waals surface area contributed by atoms with E-state index in [1.165, 1.54) is 103 Å². The van der Waals surface area contributed by atoms with E-state index in [0.29, 0.717) is 19.8 Å². The van der Waals surface area contributed by atoms with Crippen LogP contribution in [0.1, 0.15) is 137 Å². The fourth-order valence-corrected chi connectivity index (χ4v) is 4.13. The van der Waals surface area contributed by atoms with Crippen molar-refractivity contribution in [3.63, 3.8) is 0 Å². The molecule has 0 aromatic rings. The lowest BCUT2D eigenvalue weighted by molar-refractivity contribution is -0.387. The van der Waals surface area contributed by atoms with Gasteiger partial charge in [0.15, 0.2) is 0 Å². The fraction of sp³-hybridized carbons (Fsp3) is 1.00. The molecule has 0 aliphatic carbocycles. The summed E-state index contributed by atoms with van der Waals surface area (Å²) in [5, 5.41) is 3.71. The average Bonchev–Trinajstić information content (AvgIpc) is 2.78. The summed E-state index contributed by atoms with van der Waals surface area (Å²) in [6, 6.07) is 0.127. The van der Waals surface area contributed by atoms with Crippen LogP contribution in [0.3, 0.4) is 0 Å². The van der Waals surface area contributed by atoms with Crippen LogP contribution in [0, 0.1) is 0 Å². The molecule has 194 valence electrons. The third-order valence-corrected chi connectivity index (χ3v) is 5.91. The zero-order valence-corrected chi connectivity index (χ0v) is 22.5. The Balaban J connectivity index is 3.62. The molecule has 5 nitrogen and oxygen atoms in total. The molecule has 0 bridgehead atoms. The van der Waals surface area contributed by atoms with Gasteiger partial charge < -0.3 is 0 Å². The van der Waals surface area contributed by atoms with Gasteiger partial charge in [0.05, 0.1) is 25.9 Å². The molecule has 5 heteroatoms.